The van der Waals surface area contributed by atoms with Crippen LogP contribution in [0.1, 0.15) is 44.6 Å². The molecule has 0 radical (unpaired) electrons. The normalized spacial score (nSPS) is 15.9. The highest BCUT2D eigenvalue weighted by Gasteiger charge is 2.23. The van der Waals surface area contributed by atoms with Gasteiger partial charge in [0, 0.05) is 18.3 Å². The third-order valence-corrected chi connectivity index (χ3v) is 4.17. The Kier molecular flexibility index (Phi) is 5.45. The fourth-order valence-electron chi connectivity index (χ4n) is 2.98. The topological polar surface area (TPSA) is 32.3 Å². The molecule has 0 unspecified atom stereocenters. The van der Waals surface area contributed by atoms with Crippen LogP contribution in [0, 0.1) is 6.92 Å². The van der Waals surface area contributed by atoms with Crippen LogP contribution in [-0.2, 0) is 4.79 Å². The first-order valence-corrected chi connectivity index (χ1v) is 7.80. The molecule has 3 nitrogen and oxygen atoms in total. The second-order valence-corrected chi connectivity index (χ2v) is 5.69. The lowest BCUT2D eigenvalue weighted by molar-refractivity contribution is -0.132. The zero-order valence-corrected chi connectivity index (χ0v) is 12.7. The van der Waals surface area contributed by atoms with Crippen molar-refractivity contribution in [3.05, 3.63) is 29.8 Å². The van der Waals surface area contributed by atoms with Crippen molar-refractivity contribution < 1.29 is 4.79 Å². The molecule has 1 aliphatic rings. The van der Waals surface area contributed by atoms with Gasteiger partial charge in [0.05, 0.1) is 6.54 Å². The van der Waals surface area contributed by atoms with Crippen LogP contribution in [0.3, 0.4) is 0 Å². The standard InChI is InChI=1S/C17H26N2O/c1-3-19(16-7-5-4-6-8-16)17(20)13-18-15-11-9-14(2)10-12-15/h9-12,16,18H,3-8,13H2,1-2H3. The summed E-state index contributed by atoms with van der Waals surface area (Å²) >= 11 is 0. The summed E-state index contributed by atoms with van der Waals surface area (Å²) in [5.74, 6) is 0.222. The van der Waals surface area contributed by atoms with Crippen LogP contribution in [0.2, 0.25) is 0 Å². The maximum absolute atomic E-state index is 12.4. The van der Waals surface area contributed by atoms with Crippen LogP contribution in [0.15, 0.2) is 24.3 Å². The van der Waals surface area contributed by atoms with E-state index in [4.69, 9.17) is 0 Å². The molecule has 1 saturated carbocycles. The van der Waals surface area contributed by atoms with Gasteiger partial charge >= 0.3 is 0 Å². The van der Waals surface area contributed by atoms with Crippen LogP contribution in [0.25, 0.3) is 0 Å². The number of nitrogens with one attached hydrogen (secondary N) is 1. The van der Waals surface area contributed by atoms with Gasteiger partial charge in [-0.25, -0.2) is 0 Å². The summed E-state index contributed by atoms with van der Waals surface area (Å²) in [6, 6.07) is 8.64. The fraction of sp³-hybridized carbons (Fsp3) is 0.588. The third kappa shape index (κ3) is 3.99. The number of benzene rings is 1. The molecule has 1 aromatic carbocycles. The van der Waals surface area contributed by atoms with Gasteiger partial charge in [-0.05, 0) is 38.8 Å². The van der Waals surface area contributed by atoms with Gasteiger partial charge in [0.2, 0.25) is 5.91 Å². The molecule has 0 aliphatic heterocycles. The molecule has 0 saturated heterocycles. The summed E-state index contributed by atoms with van der Waals surface area (Å²) in [7, 11) is 0. The highest BCUT2D eigenvalue weighted by Crippen LogP contribution is 2.22. The minimum Gasteiger partial charge on any atom is -0.376 e. The molecule has 0 atom stereocenters. The number of likely N-dealkylation sites (N-methyl/N-ethyl adjacent to an activating group) is 1. The van der Waals surface area contributed by atoms with E-state index in [1.807, 2.05) is 12.1 Å². The van der Waals surface area contributed by atoms with Crippen molar-refractivity contribution in [1.82, 2.24) is 4.90 Å². The van der Waals surface area contributed by atoms with Crippen LogP contribution >= 0.6 is 0 Å². The van der Waals surface area contributed by atoms with E-state index in [-0.39, 0.29) is 5.91 Å². The van der Waals surface area contributed by atoms with E-state index in [0.717, 1.165) is 12.2 Å². The van der Waals surface area contributed by atoms with Crippen molar-refractivity contribution in [2.24, 2.45) is 0 Å². The first-order chi connectivity index (χ1) is 9.70. The Bertz CT molecular complexity index is 421. The Labute approximate surface area is 122 Å². The van der Waals surface area contributed by atoms with Gasteiger partial charge in [-0.1, -0.05) is 37.0 Å². The number of nitrogens with zero attached hydrogens (tertiary/aromatic N) is 1. The Morgan fingerprint density at radius 2 is 1.85 bits per heavy atom. The zero-order chi connectivity index (χ0) is 14.4. The first-order valence-electron chi connectivity index (χ1n) is 7.80. The maximum atomic E-state index is 12.4. The van der Waals surface area contributed by atoms with Crippen LogP contribution in [-0.4, -0.2) is 29.9 Å². The average Bonchev–Trinajstić information content (AvgIpc) is 2.48. The molecule has 1 amide bonds. The predicted molar refractivity (Wildman–Crippen MR) is 83.9 cm³/mol. The molecule has 3 heteroatoms. The molecule has 1 aromatic rings. The Morgan fingerprint density at radius 3 is 2.45 bits per heavy atom. The van der Waals surface area contributed by atoms with Gasteiger partial charge in [0.25, 0.3) is 0 Å². The van der Waals surface area contributed by atoms with E-state index in [9.17, 15) is 4.79 Å². The van der Waals surface area contributed by atoms with Crippen LogP contribution < -0.4 is 5.32 Å². The predicted octanol–water partition coefficient (Wildman–Crippen LogP) is 3.59. The SMILES string of the molecule is CCN(C(=O)CNc1ccc(C)cc1)C1CCCCC1. The molecule has 1 aliphatic carbocycles. The molecule has 0 bridgehead atoms. The summed E-state index contributed by atoms with van der Waals surface area (Å²) in [5.41, 5.74) is 2.25. The largest absolute Gasteiger partial charge is 0.376 e. The van der Waals surface area contributed by atoms with Crippen molar-refractivity contribution in [3.63, 3.8) is 0 Å². The molecule has 2 rings (SSSR count). The maximum Gasteiger partial charge on any atom is 0.242 e. The molecule has 0 heterocycles. The van der Waals surface area contributed by atoms with Crippen molar-refractivity contribution in [3.8, 4) is 0 Å². The van der Waals surface area contributed by atoms with E-state index in [1.54, 1.807) is 0 Å². The van der Waals surface area contributed by atoms with Gasteiger partial charge in [-0.2, -0.15) is 0 Å². The molecule has 1 N–H and O–H groups in total. The lowest BCUT2D eigenvalue weighted by Gasteiger charge is -2.33. The van der Waals surface area contributed by atoms with Crippen LogP contribution in [0.5, 0.6) is 0 Å². The second kappa shape index (κ2) is 7.32. The Morgan fingerprint density at radius 1 is 1.20 bits per heavy atom. The summed E-state index contributed by atoms with van der Waals surface area (Å²) < 4.78 is 0. The number of anilines is 1. The summed E-state index contributed by atoms with van der Waals surface area (Å²) in [6.07, 6.45) is 6.19. The number of amides is 1. The van der Waals surface area contributed by atoms with Gasteiger partial charge in [0.1, 0.15) is 0 Å². The lowest BCUT2D eigenvalue weighted by Crippen LogP contribution is -2.43. The number of hydrogen-bond donors (Lipinski definition) is 1. The molecule has 110 valence electrons. The van der Waals surface area contributed by atoms with Gasteiger partial charge in [-0.15, -0.1) is 0 Å². The number of carbonyl (C=O) groups excluding carboxylic acids is 1. The smallest absolute Gasteiger partial charge is 0.242 e. The second-order valence-electron chi connectivity index (χ2n) is 5.69. The van der Waals surface area contributed by atoms with Gasteiger partial charge in [-0.3, -0.25) is 4.79 Å². The van der Waals surface area contributed by atoms with Gasteiger partial charge in [0.15, 0.2) is 0 Å². The molecule has 1 fully saturated rings. The van der Waals surface area contributed by atoms with Crippen molar-refractivity contribution >= 4 is 11.6 Å². The third-order valence-electron chi connectivity index (χ3n) is 4.17. The van der Waals surface area contributed by atoms with E-state index in [2.05, 4.69) is 36.2 Å². The van der Waals surface area contributed by atoms with Crippen LogP contribution in [0.4, 0.5) is 5.69 Å². The molecule has 20 heavy (non-hydrogen) atoms. The van der Waals surface area contributed by atoms with Crippen molar-refractivity contribution in [1.29, 1.82) is 0 Å². The van der Waals surface area contributed by atoms with Crippen molar-refractivity contribution in [2.45, 2.75) is 52.0 Å². The minimum absolute atomic E-state index is 0.222. The van der Waals surface area contributed by atoms with E-state index in [0.29, 0.717) is 12.6 Å². The summed E-state index contributed by atoms with van der Waals surface area (Å²) in [4.78, 5) is 14.4. The molecule has 0 spiro atoms. The van der Waals surface area contributed by atoms with E-state index in [1.165, 1.54) is 37.7 Å². The summed E-state index contributed by atoms with van der Waals surface area (Å²) in [5, 5.41) is 3.23. The zero-order valence-electron chi connectivity index (χ0n) is 12.7. The number of aryl methyl sites for hydroxylation is 1. The molecule has 0 aromatic heterocycles. The van der Waals surface area contributed by atoms with Gasteiger partial charge < -0.3 is 10.2 Å². The lowest BCUT2D eigenvalue weighted by atomic mass is 9.94. The molecular formula is C17H26N2O. The Hall–Kier alpha value is -1.51. The number of rotatable bonds is 5. The molecular weight excluding hydrogens is 248 g/mol. The highest BCUT2D eigenvalue weighted by atomic mass is 16.2. The number of carbonyl (C=O) groups is 1. The quantitative estimate of drug-likeness (QED) is 0.890. The van der Waals surface area contributed by atoms with E-state index < -0.39 is 0 Å². The van der Waals surface area contributed by atoms with Crippen molar-refractivity contribution in [2.75, 3.05) is 18.4 Å². The Balaban J connectivity index is 1.87. The number of hydrogen-bond acceptors (Lipinski definition) is 2. The fourth-order valence-corrected chi connectivity index (χ4v) is 2.98. The van der Waals surface area contributed by atoms with E-state index >= 15 is 0 Å². The first kappa shape index (κ1) is 14.9. The summed E-state index contributed by atoms with van der Waals surface area (Å²) in [6.45, 7) is 5.36. The minimum atomic E-state index is 0.222. The monoisotopic (exact) mass is 274 g/mol. The highest BCUT2D eigenvalue weighted by molar-refractivity contribution is 5.81. The average molecular weight is 274 g/mol.